The molecule has 0 atom stereocenters. The molecule has 8 heterocycles. The van der Waals surface area contributed by atoms with Gasteiger partial charge in [0.1, 0.15) is 22.6 Å². The second-order valence-corrected chi connectivity index (χ2v) is 36.1. The number of hydrogen-bond acceptors (Lipinski definition) is 8. The number of rotatable bonds is 4. The largest absolute Gasteiger partial charge is 0.268 e. The van der Waals surface area contributed by atoms with Crippen molar-refractivity contribution in [3.05, 3.63) is 423 Å². The van der Waals surface area contributed by atoms with Gasteiger partial charge in [0.25, 0.3) is 22.2 Å². The first-order chi connectivity index (χ1) is 62.7. The molecule has 0 amide bonds. The molecule has 0 aliphatic carbocycles. The summed E-state index contributed by atoms with van der Waals surface area (Å²) in [5.41, 5.74) is 18.1. The molecule has 600 valence electrons. The lowest BCUT2D eigenvalue weighted by molar-refractivity contribution is 1.19. The molecule has 128 heavy (non-hydrogen) atoms. The van der Waals surface area contributed by atoms with Gasteiger partial charge in [0.15, 0.2) is 0 Å². The van der Waals surface area contributed by atoms with Gasteiger partial charge in [-0.1, -0.05) is 294 Å². The van der Waals surface area contributed by atoms with Gasteiger partial charge in [-0.3, -0.25) is 36.8 Å². The van der Waals surface area contributed by atoms with Crippen molar-refractivity contribution in [3.8, 4) is 44.5 Å². The van der Waals surface area contributed by atoms with Crippen LogP contribution in [-0.4, -0.2) is 37.5 Å². The van der Waals surface area contributed by atoms with E-state index in [1.54, 1.807) is 17.6 Å². The van der Waals surface area contributed by atoms with Gasteiger partial charge in [-0.15, -0.1) is 0 Å². The Morgan fingerprint density at radius 3 is 0.719 bits per heavy atom. The number of imidazole rings is 4. The Morgan fingerprint density at radius 1 is 0.172 bits per heavy atom. The molecular weight excluding hydrogens is 1840 g/mol. The van der Waals surface area contributed by atoms with Crippen LogP contribution in [0.5, 0.6) is 0 Å². The van der Waals surface area contributed by atoms with Crippen LogP contribution in [0.3, 0.4) is 0 Å². The fourth-order valence-electron chi connectivity index (χ4n) is 19.5. The molecular formula is C112H60Br4N8O4. The Labute approximate surface area is 758 Å². The highest BCUT2D eigenvalue weighted by Gasteiger charge is 2.24. The second kappa shape index (κ2) is 29.3. The van der Waals surface area contributed by atoms with Gasteiger partial charge in [0, 0.05) is 82.5 Å². The molecule has 0 N–H and O–H groups in total. The summed E-state index contributed by atoms with van der Waals surface area (Å²) in [4.78, 5) is 73.8. The third-order valence-corrected chi connectivity index (χ3v) is 28.4. The van der Waals surface area contributed by atoms with Crippen molar-refractivity contribution < 1.29 is 0 Å². The number of nitrogens with zero attached hydrogens (tertiary/aromatic N) is 8. The van der Waals surface area contributed by atoms with Gasteiger partial charge in [-0.05, 0) is 243 Å². The third kappa shape index (κ3) is 11.8. The number of halogens is 4. The van der Waals surface area contributed by atoms with Gasteiger partial charge in [-0.25, -0.2) is 19.9 Å². The summed E-state index contributed by atoms with van der Waals surface area (Å²) in [6, 6.07) is 124. The molecule has 0 spiro atoms. The molecule has 20 aromatic carbocycles. The van der Waals surface area contributed by atoms with Crippen LogP contribution >= 0.6 is 63.7 Å². The standard InChI is InChI=1S/4C28H15BrN2O/c29-23-12-11-21-26-20(23)6-3-7-22(26)28(32)31-25-13-10-19(15-24(25)30-27(21)31)18-9-8-16-4-1-2-5-17(16)14-18;29-23-12-11-21-26-20(23)6-3-7-22(26)28(32)31-25-15-19(10-13-24(25)30-27(21)31)18-9-8-16-4-1-2-5-17(16)14-18;29-23-12-11-22-26-20(23)6-3-7-21(26)27-30-24-15-19(10-13-25(24)31(27)28(22)32)18-9-8-16-4-1-2-5-17(16)14-18;29-23-12-11-22-26-20(23)6-3-7-21(26)27-30-24-13-10-19(15-25(24)31(27)28(22)32)18-9-8-16-4-1-2-5-17(16)14-18/h4*1-15H. The van der Waals surface area contributed by atoms with E-state index in [4.69, 9.17) is 19.9 Å². The minimum Gasteiger partial charge on any atom is -0.268 e. The Hall–Kier alpha value is -15.0. The average molecular weight is 1900 g/mol. The van der Waals surface area contributed by atoms with Gasteiger partial charge >= 0.3 is 0 Å². The summed E-state index contributed by atoms with van der Waals surface area (Å²) in [5.74, 6) is 0. The number of hydrogen-bond donors (Lipinski definition) is 0. The van der Waals surface area contributed by atoms with E-state index in [-0.39, 0.29) is 22.2 Å². The highest BCUT2D eigenvalue weighted by Crippen LogP contribution is 2.42. The summed E-state index contributed by atoms with van der Waals surface area (Å²) in [5, 5.41) is 24.4. The fourth-order valence-corrected chi connectivity index (χ4v) is 21.3. The Kier molecular flexibility index (Phi) is 17.3. The van der Waals surface area contributed by atoms with Crippen LogP contribution in [-0.2, 0) is 0 Å². The van der Waals surface area contributed by atoms with Crippen LogP contribution in [0, 0.1) is 0 Å². The van der Waals surface area contributed by atoms with E-state index in [1.165, 1.54) is 43.1 Å². The first-order valence-electron chi connectivity index (χ1n) is 41.9. The van der Waals surface area contributed by atoms with Crippen molar-refractivity contribution in [2.24, 2.45) is 0 Å². The quantitative estimate of drug-likeness (QED) is 0.170. The van der Waals surface area contributed by atoms with E-state index < -0.39 is 0 Å². The summed E-state index contributed by atoms with van der Waals surface area (Å²) in [6.07, 6.45) is 0. The van der Waals surface area contributed by atoms with Crippen LogP contribution in [0.2, 0.25) is 0 Å². The topological polar surface area (TPSA) is 137 Å². The van der Waals surface area contributed by atoms with Gasteiger partial charge < -0.3 is 0 Å². The van der Waals surface area contributed by atoms with Crippen LogP contribution in [0.25, 0.3) is 240 Å². The molecule has 0 aliphatic heterocycles. The van der Waals surface area contributed by atoms with Gasteiger partial charge in [0.2, 0.25) is 0 Å². The van der Waals surface area contributed by atoms with E-state index in [0.717, 1.165) is 171 Å². The predicted octanol–water partition coefficient (Wildman–Crippen LogP) is 28.7. The molecule has 12 nitrogen and oxygen atoms in total. The first kappa shape index (κ1) is 75.5. The minimum absolute atomic E-state index is 0.0304. The first-order valence-corrected chi connectivity index (χ1v) is 45.0. The molecule has 8 aromatic heterocycles. The van der Waals surface area contributed by atoms with E-state index in [2.05, 4.69) is 282 Å². The maximum Gasteiger partial charge on any atom is 0.264 e. The monoisotopic (exact) mass is 1900 g/mol. The highest BCUT2D eigenvalue weighted by atomic mass is 79.9. The van der Waals surface area contributed by atoms with Crippen LogP contribution in [0.4, 0.5) is 0 Å². The lowest BCUT2D eigenvalue weighted by Gasteiger charge is -2.08. The van der Waals surface area contributed by atoms with E-state index in [1.807, 2.05) is 146 Å². The molecule has 0 radical (unpaired) electrons. The normalized spacial score (nSPS) is 12.0. The number of benzene rings is 20. The fraction of sp³-hybridized carbons (Fsp3) is 0. The van der Waals surface area contributed by atoms with Gasteiger partial charge in [0.05, 0.1) is 44.1 Å². The molecule has 28 aromatic rings. The number of fused-ring (bicyclic) bond motifs is 20. The SMILES string of the molecule is O=c1c2ccc(Br)c3cccc(c32)c2nc3cc(-c4ccc5ccccc5c4)ccc3n12.O=c1c2ccc(Br)c3cccc(c32)c2nc3ccc(-c4ccc5ccccc5c4)cc3n12.O=c1c2cccc3c(Br)ccc(c32)c2nc3cc(-c4ccc5ccccc5c4)ccc3n12.O=c1c2cccc3c(Br)ccc(c32)c2nc3ccc(-c4ccc5ccccc5c4)cc3n12. The Bertz CT molecular complexity index is 9370. The average Bonchev–Trinajstić information content (AvgIpc) is 1.55. The highest BCUT2D eigenvalue weighted by molar-refractivity contribution is 9.11. The van der Waals surface area contributed by atoms with Crippen LogP contribution < -0.4 is 22.2 Å². The summed E-state index contributed by atoms with van der Waals surface area (Å²) in [7, 11) is 0. The second-order valence-electron chi connectivity index (χ2n) is 32.7. The molecule has 28 rings (SSSR count). The number of aromatic nitrogens is 8. The van der Waals surface area contributed by atoms with Crippen molar-refractivity contribution in [3.63, 3.8) is 0 Å². The Balaban J connectivity index is 0.0000000926. The molecule has 0 saturated carbocycles. The molecule has 0 saturated heterocycles. The predicted molar refractivity (Wildman–Crippen MR) is 543 cm³/mol. The molecule has 0 unspecified atom stereocenters. The van der Waals surface area contributed by atoms with Gasteiger partial charge in [-0.2, -0.15) is 0 Å². The Morgan fingerprint density at radius 2 is 0.398 bits per heavy atom. The molecule has 0 fully saturated rings. The zero-order valence-electron chi connectivity index (χ0n) is 67.4. The van der Waals surface area contributed by atoms with Crippen molar-refractivity contribution in [1.82, 2.24) is 37.5 Å². The van der Waals surface area contributed by atoms with Crippen molar-refractivity contribution in [2.75, 3.05) is 0 Å². The summed E-state index contributed by atoms with van der Waals surface area (Å²) >= 11 is 14.5. The van der Waals surface area contributed by atoms with Crippen molar-refractivity contribution in [2.45, 2.75) is 0 Å². The minimum atomic E-state index is -0.0330. The smallest absolute Gasteiger partial charge is 0.264 e. The number of pyridine rings is 4. The van der Waals surface area contributed by atoms with Crippen molar-refractivity contribution in [1.29, 1.82) is 0 Å². The zero-order chi connectivity index (χ0) is 85.6. The van der Waals surface area contributed by atoms with Crippen LogP contribution in [0.15, 0.2) is 401 Å². The van der Waals surface area contributed by atoms with E-state index in [0.29, 0.717) is 44.1 Å². The van der Waals surface area contributed by atoms with E-state index >= 15 is 0 Å². The zero-order valence-corrected chi connectivity index (χ0v) is 73.7. The lowest BCUT2D eigenvalue weighted by Crippen LogP contribution is -2.13. The van der Waals surface area contributed by atoms with Crippen LogP contribution in [0.1, 0.15) is 0 Å². The maximum atomic E-state index is 13.6. The molecule has 16 heteroatoms. The lowest BCUT2D eigenvalue weighted by atomic mass is 10.0. The van der Waals surface area contributed by atoms with Crippen molar-refractivity contribution >= 4 is 260 Å². The summed E-state index contributed by atoms with van der Waals surface area (Å²) in [6.45, 7) is 0. The molecule has 0 aliphatic rings. The summed E-state index contributed by atoms with van der Waals surface area (Å²) < 4.78 is 11.0. The third-order valence-electron chi connectivity index (χ3n) is 25.6. The molecule has 0 bridgehead atoms. The maximum absolute atomic E-state index is 13.6. The van der Waals surface area contributed by atoms with E-state index in [9.17, 15) is 19.2 Å².